The molecule has 0 saturated heterocycles. The largest absolute Gasteiger partial charge is 0.366 e. The summed E-state index contributed by atoms with van der Waals surface area (Å²) in [6, 6.07) is 17.7. The molecular weight excluding hydrogens is 244 g/mol. The van der Waals surface area contributed by atoms with Crippen LogP contribution in [0.1, 0.15) is 16.7 Å². The van der Waals surface area contributed by atoms with E-state index in [1.807, 2.05) is 0 Å². The smallest absolute Gasteiger partial charge is 0.0432 e. The molecule has 0 fully saturated rings. The summed E-state index contributed by atoms with van der Waals surface area (Å²) in [5, 5.41) is 0. The zero-order valence-corrected chi connectivity index (χ0v) is 12.3. The van der Waals surface area contributed by atoms with E-state index in [9.17, 15) is 0 Å². The Bertz CT molecular complexity index is 589. The fraction of sp³-hybridized carbons (Fsp3) is 0.333. The number of anilines is 1. The van der Waals surface area contributed by atoms with E-state index >= 15 is 0 Å². The van der Waals surface area contributed by atoms with Crippen LogP contribution in [0.25, 0.3) is 0 Å². The van der Waals surface area contributed by atoms with Gasteiger partial charge in [-0.25, -0.2) is 0 Å². The normalized spacial score (nSPS) is 13.8. The molecule has 0 radical (unpaired) electrons. The Morgan fingerprint density at radius 3 is 2.30 bits per heavy atom. The number of likely N-dealkylation sites (N-methyl/N-ethyl adjacent to an activating group) is 1. The van der Waals surface area contributed by atoms with Gasteiger partial charge in [-0.1, -0.05) is 42.5 Å². The highest BCUT2D eigenvalue weighted by Crippen LogP contribution is 2.30. The van der Waals surface area contributed by atoms with Gasteiger partial charge in [-0.3, -0.25) is 0 Å². The van der Waals surface area contributed by atoms with Crippen molar-refractivity contribution < 1.29 is 0 Å². The number of para-hydroxylation sites is 1. The third-order valence-corrected chi connectivity index (χ3v) is 4.01. The van der Waals surface area contributed by atoms with Gasteiger partial charge in [0.1, 0.15) is 0 Å². The average Bonchev–Trinajstić information content (AvgIpc) is 2.61. The molecule has 2 aromatic rings. The molecule has 0 saturated carbocycles. The summed E-state index contributed by atoms with van der Waals surface area (Å²) < 4.78 is 0. The number of hydrogen-bond acceptors (Lipinski definition) is 2. The maximum Gasteiger partial charge on any atom is 0.0432 e. The second kappa shape index (κ2) is 5.68. The average molecular weight is 266 g/mol. The first kappa shape index (κ1) is 13.2. The molecule has 1 heterocycles. The highest BCUT2D eigenvalue weighted by Gasteiger charge is 2.18. The van der Waals surface area contributed by atoms with Crippen molar-refractivity contribution in [1.82, 2.24) is 4.90 Å². The molecule has 2 nitrogen and oxygen atoms in total. The van der Waals surface area contributed by atoms with Crippen LogP contribution in [0.3, 0.4) is 0 Å². The molecule has 0 aromatic heterocycles. The van der Waals surface area contributed by atoms with E-state index in [2.05, 4.69) is 72.4 Å². The number of rotatable bonds is 3. The zero-order chi connectivity index (χ0) is 13.9. The van der Waals surface area contributed by atoms with Gasteiger partial charge >= 0.3 is 0 Å². The number of hydrogen-bond donors (Lipinski definition) is 0. The van der Waals surface area contributed by atoms with Gasteiger partial charge in [-0.15, -0.1) is 0 Å². The van der Waals surface area contributed by atoms with Gasteiger partial charge in [-0.05, 0) is 43.3 Å². The summed E-state index contributed by atoms with van der Waals surface area (Å²) in [5.74, 6) is 0. The van der Waals surface area contributed by atoms with E-state index in [4.69, 9.17) is 0 Å². The van der Waals surface area contributed by atoms with Gasteiger partial charge < -0.3 is 9.80 Å². The van der Waals surface area contributed by atoms with Crippen molar-refractivity contribution in [2.45, 2.75) is 13.0 Å². The minimum absolute atomic E-state index is 1.01. The first-order chi connectivity index (χ1) is 9.74. The summed E-state index contributed by atoms with van der Waals surface area (Å²) >= 11 is 0. The fourth-order valence-corrected chi connectivity index (χ4v) is 2.87. The second-order valence-electron chi connectivity index (χ2n) is 5.80. The van der Waals surface area contributed by atoms with E-state index < -0.39 is 0 Å². The first-order valence-corrected chi connectivity index (χ1v) is 7.28. The van der Waals surface area contributed by atoms with Crippen molar-refractivity contribution in [3.05, 3.63) is 65.2 Å². The summed E-state index contributed by atoms with van der Waals surface area (Å²) in [5.41, 5.74) is 5.76. The predicted molar refractivity (Wildman–Crippen MR) is 85.3 cm³/mol. The third-order valence-electron chi connectivity index (χ3n) is 4.01. The summed E-state index contributed by atoms with van der Waals surface area (Å²) in [4.78, 5) is 4.76. The van der Waals surface area contributed by atoms with Crippen LogP contribution in [-0.2, 0) is 13.0 Å². The van der Waals surface area contributed by atoms with E-state index in [1.54, 1.807) is 0 Å². The van der Waals surface area contributed by atoms with Crippen molar-refractivity contribution in [3.63, 3.8) is 0 Å². The Kier molecular flexibility index (Phi) is 3.75. The molecule has 0 bridgehead atoms. The molecule has 104 valence electrons. The molecule has 3 rings (SSSR count). The van der Waals surface area contributed by atoms with Crippen LogP contribution in [-0.4, -0.2) is 32.1 Å². The van der Waals surface area contributed by atoms with Crippen molar-refractivity contribution in [2.75, 3.05) is 32.1 Å². The zero-order valence-electron chi connectivity index (χ0n) is 12.3. The SMILES string of the molecule is CN(C)CCN1Cc2ccccc2Cc2ccccc21. The minimum atomic E-state index is 1.01. The molecule has 0 spiro atoms. The maximum atomic E-state index is 2.52. The van der Waals surface area contributed by atoms with Crippen LogP contribution in [0.4, 0.5) is 5.69 Å². The van der Waals surface area contributed by atoms with Crippen LogP contribution >= 0.6 is 0 Å². The minimum Gasteiger partial charge on any atom is -0.366 e. The van der Waals surface area contributed by atoms with Crippen LogP contribution in [0.15, 0.2) is 48.5 Å². The molecule has 0 amide bonds. The molecule has 0 unspecified atom stereocenters. The van der Waals surface area contributed by atoms with E-state index in [0.29, 0.717) is 0 Å². The van der Waals surface area contributed by atoms with Crippen molar-refractivity contribution in [3.8, 4) is 0 Å². The van der Waals surface area contributed by atoms with Crippen LogP contribution in [0.2, 0.25) is 0 Å². The first-order valence-electron chi connectivity index (χ1n) is 7.28. The quantitative estimate of drug-likeness (QED) is 0.842. The van der Waals surface area contributed by atoms with Gasteiger partial charge in [-0.2, -0.15) is 0 Å². The molecule has 20 heavy (non-hydrogen) atoms. The molecule has 1 aliphatic heterocycles. The van der Waals surface area contributed by atoms with Gasteiger partial charge in [0, 0.05) is 25.3 Å². The molecule has 0 atom stereocenters. The summed E-state index contributed by atoms with van der Waals surface area (Å²) in [6.45, 7) is 3.16. The van der Waals surface area contributed by atoms with Gasteiger partial charge in [0.2, 0.25) is 0 Å². The lowest BCUT2D eigenvalue weighted by atomic mass is 10.0. The van der Waals surface area contributed by atoms with E-state index in [1.165, 1.54) is 22.4 Å². The molecule has 2 aromatic carbocycles. The fourth-order valence-electron chi connectivity index (χ4n) is 2.87. The molecule has 1 aliphatic rings. The van der Waals surface area contributed by atoms with Gasteiger partial charge in [0.15, 0.2) is 0 Å². The van der Waals surface area contributed by atoms with Crippen LogP contribution in [0, 0.1) is 0 Å². The molecule has 0 N–H and O–H groups in total. The van der Waals surface area contributed by atoms with Crippen molar-refractivity contribution in [1.29, 1.82) is 0 Å². The Morgan fingerprint density at radius 1 is 0.900 bits per heavy atom. The van der Waals surface area contributed by atoms with E-state index in [-0.39, 0.29) is 0 Å². The third kappa shape index (κ3) is 2.70. The van der Waals surface area contributed by atoms with E-state index in [0.717, 1.165) is 26.1 Å². The van der Waals surface area contributed by atoms with Crippen molar-refractivity contribution in [2.24, 2.45) is 0 Å². The van der Waals surface area contributed by atoms with Gasteiger partial charge in [0.05, 0.1) is 0 Å². The predicted octanol–water partition coefficient (Wildman–Crippen LogP) is 3.16. The lowest BCUT2D eigenvalue weighted by Gasteiger charge is -2.26. The standard InChI is InChI=1S/C18H22N2/c1-19(2)11-12-20-14-17-9-4-3-7-15(17)13-16-8-5-6-10-18(16)20/h3-10H,11-14H2,1-2H3. The Balaban J connectivity index is 1.97. The summed E-state index contributed by atoms with van der Waals surface area (Å²) in [7, 11) is 4.27. The number of nitrogens with zero attached hydrogens (tertiary/aromatic N) is 2. The molecular formula is C18H22N2. The van der Waals surface area contributed by atoms with Crippen LogP contribution in [0.5, 0.6) is 0 Å². The monoisotopic (exact) mass is 266 g/mol. The van der Waals surface area contributed by atoms with Gasteiger partial charge in [0.25, 0.3) is 0 Å². The second-order valence-corrected chi connectivity index (χ2v) is 5.80. The lowest BCUT2D eigenvalue weighted by molar-refractivity contribution is 0.412. The van der Waals surface area contributed by atoms with Crippen LogP contribution < -0.4 is 4.90 Å². The number of fused-ring (bicyclic) bond motifs is 2. The molecule has 0 aliphatic carbocycles. The number of benzene rings is 2. The maximum absolute atomic E-state index is 2.52. The highest BCUT2D eigenvalue weighted by molar-refractivity contribution is 5.58. The Labute approximate surface area is 121 Å². The molecule has 2 heteroatoms. The Morgan fingerprint density at radius 2 is 1.55 bits per heavy atom. The topological polar surface area (TPSA) is 6.48 Å². The van der Waals surface area contributed by atoms with Crippen molar-refractivity contribution >= 4 is 5.69 Å². The lowest BCUT2D eigenvalue weighted by Crippen LogP contribution is -2.31. The highest BCUT2D eigenvalue weighted by atomic mass is 15.2. The Hall–Kier alpha value is -1.80. The summed E-state index contributed by atoms with van der Waals surface area (Å²) in [6.07, 6.45) is 1.05.